The molecule has 1 aliphatic heterocycles. The predicted molar refractivity (Wildman–Crippen MR) is 109 cm³/mol. The Balaban J connectivity index is 1.83. The number of rotatable bonds is 3. The van der Waals surface area contributed by atoms with Gasteiger partial charge in [-0.15, -0.1) is 0 Å². The van der Waals surface area contributed by atoms with E-state index in [4.69, 9.17) is 23.2 Å². The van der Waals surface area contributed by atoms with Crippen LogP contribution >= 0.6 is 23.2 Å². The number of nitrogens with one attached hydrogen (secondary N) is 1. The van der Waals surface area contributed by atoms with Gasteiger partial charge in [-0.25, -0.2) is 13.4 Å². The predicted octanol–water partition coefficient (Wildman–Crippen LogP) is 3.78. The Morgan fingerprint density at radius 2 is 1.63 bits per heavy atom. The molecule has 2 aromatic carbocycles. The van der Waals surface area contributed by atoms with E-state index in [1.165, 1.54) is 18.2 Å². The molecule has 0 radical (unpaired) electrons. The molecule has 27 heavy (non-hydrogen) atoms. The molecule has 1 fully saturated rings. The van der Waals surface area contributed by atoms with Gasteiger partial charge in [0, 0.05) is 37.8 Å². The summed E-state index contributed by atoms with van der Waals surface area (Å²) in [4.78, 5) is 7.01. The zero-order valence-electron chi connectivity index (χ0n) is 14.3. The van der Waals surface area contributed by atoms with E-state index in [1.807, 2.05) is 12.1 Å². The molecular weight excluding hydrogens is 405 g/mol. The molecule has 1 aromatic heterocycles. The summed E-state index contributed by atoms with van der Waals surface area (Å²) >= 11 is 11.9. The lowest BCUT2D eigenvalue weighted by molar-refractivity contribution is 0.586. The topological polar surface area (TPSA) is 62.3 Å². The highest BCUT2D eigenvalue weighted by molar-refractivity contribution is 7.91. The molecule has 1 saturated heterocycles. The SMILES string of the molecule is O=S(=O)(c1ccc(Cl)c(Cl)c1)c1ccc2ccnc(N3CCNCC3)c2c1. The van der Waals surface area contributed by atoms with Crippen molar-refractivity contribution in [1.82, 2.24) is 10.3 Å². The van der Waals surface area contributed by atoms with Crippen LogP contribution in [0.1, 0.15) is 0 Å². The van der Waals surface area contributed by atoms with Gasteiger partial charge in [-0.3, -0.25) is 0 Å². The van der Waals surface area contributed by atoms with Crippen LogP contribution in [0.5, 0.6) is 0 Å². The van der Waals surface area contributed by atoms with E-state index in [1.54, 1.807) is 18.3 Å². The summed E-state index contributed by atoms with van der Waals surface area (Å²) in [7, 11) is -3.72. The Bertz CT molecular complexity index is 1110. The van der Waals surface area contributed by atoms with Crippen molar-refractivity contribution in [2.75, 3.05) is 31.1 Å². The Kier molecular flexibility index (Phi) is 4.99. The van der Waals surface area contributed by atoms with E-state index in [0.29, 0.717) is 5.02 Å². The van der Waals surface area contributed by atoms with Crippen molar-refractivity contribution in [3.63, 3.8) is 0 Å². The monoisotopic (exact) mass is 421 g/mol. The van der Waals surface area contributed by atoms with Crippen molar-refractivity contribution in [3.8, 4) is 0 Å². The quantitative estimate of drug-likeness (QED) is 0.696. The molecular formula is C19H17Cl2N3O2S. The maximum atomic E-state index is 13.1. The first kappa shape index (κ1) is 18.5. The van der Waals surface area contributed by atoms with Crippen LogP contribution in [0.3, 0.4) is 0 Å². The average Bonchev–Trinajstić information content (AvgIpc) is 2.69. The van der Waals surface area contributed by atoms with Gasteiger partial charge in [-0.2, -0.15) is 0 Å². The van der Waals surface area contributed by atoms with Crippen molar-refractivity contribution in [2.45, 2.75) is 9.79 Å². The van der Waals surface area contributed by atoms with Crippen molar-refractivity contribution in [3.05, 3.63) is 58.7 Å². The number of nitrogens with zero attached hydrogens (tertiary/aromatic N) is 2. The lowest BCUT2D eigenvalue weighted by Gasteiger charge is -2.29. The Morgan fingerprint density at radius 1 is 0.926 bits per heavy atom. The van der Waals surface area contributed by atoms with Crippen LogP contribution in [0, 0.1) is 0 Å². The molecule has 8 heteroatoms. The van der Waals surface area contributed by atoms with Gasteiger partial charge < -0.3 is 10.2 Å². The highest BCUT2D eigenvalue weighted by atomic mass is 35.5. The highest BCUT2D eigenvalue weighted by Gasteiger charge is 2.21. The minimum atomic E-state index is -3.72. The highest BCUT2D eigenvalue weighted by Crippen LogP contribution is 2.32. The molecule has 0 amide bonds. The third-order valence-corrected chi connectivity index (χ3v) is 7.13. The molecule has 0 unspecified atom stereocenters. The average molecular weight is 422 g/mol. The van der Waals surface area contributed by atoms with E-state index < -0.39 is 9.84 Å². The van der Waals surface area contributed by atoms with Gasteiger partial charge >= 0.3 is 0 Å². The number of piperazine rings is 1. The third kappa shape index (κ3) is 3.50. The number of benzene rings is 2. The molecule has 140 valence electrons. The van der Waals surface area contributed by atoms with E-state index in [9.17, 15) is 8.42 Å². The normalized spacial score (nSPS) is 15.3. The smallest absolute Gasteiger partial charge is 0.206 e. The molecule has 4 rings (SSSR count). The number of pyridine rings is 1. The summed E-state index contributed by atoms with van der Waals surface area (Å²) in [6, 6.07) is 11.3. The van der Waals surface area contributed by atoms with Crippen LogP contribution in [0.25, 0.3) is 10.8 Å². The van der Waals surface area contributed by atoms with Crippen LogP contribution < -0.4 is 10.2 Å². The van der Waals surface area contributed by atoms with Gasteiger partial charge in [-0.05, 0) is 41.8 Å². The van der Waals surface area contributed by atoms with Crippen molar-refractivity contribution in [2.24, 2.45) is 0 Å². The summed E-state index contributed by atoms with van der Waals surface area (Å²) in [5.41, 5.74) is 0. The molecule has 1 N–H and O–H groups in total. The van der Waals surface area contributed by atoms with E-state index in [0.717, 1.165) is 42.8 Å². The Morgan fingerprint density at radius 3 is 2.37 bits per heavy atom. The number of hydrogen-bond donors (Lipinski definition) is 1. The van der Waals surface area contributed by atoms with E-state index >= 15 is 0 Å². The number of anilines is 1. The molecule has 0 atom stereocenters. The first-order valence-electron chi connectivity index (χ1n) is 8.51. The van der Waals surface area contributed by atoms with Gasteiger partial charge in [0.25, 0.3) is 0 Å². The van der Waals surface area contributed by atoms with Crippen LogP contribution in [-0.4, -0.2) is 39.6 Å². The molecule has 2 heterocycles. The molecule has 0 aliphatic carbocycles. The van der Waals surface area contributed by atoms with Crippen LogP contribution in [0.15, 0.2) is 58.5 Å². The number of hydrogen-bond acceptors (Lipinski definition) is 5. The summed E-state index contributed by atoms with van der Waals surface area (Å²) in [6.45, 7) is 3.41. The van der Waals surface area contributed by atoms with Gasteiger partial charge in [0.1, 0.15) is 5.82 Å². The first-order valence-corrected chi connectivity index (χ1v) is 10.8. The molecule has 5 nitrogen and oxygen atoms in total. The zero-order chi connectivity index (χ0) is 19.0. The number of aromatic nitrogens is 1. The third-order valence-electron chi connectivity index (χ3n) is 4.64. The summed E-state index contributed by atoms with van der Waals surface area (Å²) in [5, 5.41) is 5.61. The minimum Gasteiger partial charge on any atom is -0.354 e. The lowest BCUT2D eigenvalue weighted by atomic mass is 10.1. The lowest BCUT2D eigenvalue weighted by Crippen LogP contribution is -2.43. The number of sulfone groups is 1. The summed E-state index contributed by atoms with van der Waals surface area (Å²) < 4.78 is 26.2. The minimum absolute atomic E-state index is 0.115. The summed E-state index contributed by atoms with van der Waals surface area (Å²) in [6.07, 6.45) is 1.76. The molecule has 3 aromatic rings. The zero-order valence-corrected chi connectivity index (χ0v) is 16.7. The fourth-order valence-corrected chi connectivity index (χ4v) is 4.88. The van der Waals surface area contributed by atoms with Gasteiger partial charge in [0.2, 0.25) is 9.84 Å². The van der Waals surface area contributed by atoms with Crippen LogP contribution in [0.2, 0.25) is 10.0 Å². The van der Waals surface area contributed by atoms with Gasteiger partial charge in [-0.1, -0.05) is 29.3 Å². The second-order valence-corrected chi connectivity index (χ2v) is 9.10. The standard InChI is InChI=1S/C19H17Cl2N3O2S/c20-17-4-3-15(12-18(17)21)27(25,26)14-2-1-13-5-6-23-19(16(13)11-14)24-9-7-22-8-10-24/h1-6,11-12,22H,7-10H2. The molecule has 0 bridgehead atoms. The fraction of sp³-hybridized carbons (Fsp3) is 0.211. The Labute approximate surface area is 167 Å². The molecule has 1 aliphatic rings. The molecule has 0 spiro atoms. The molecule has 0 saturated carbocycles. The van der Waals surface area contributed by atoms with Crippen LogP contribution in [0.4, 0.5) is 5.82 Å². The van der Waals surface area contributed by atoms with Crippen molar-refractivity contribution in [1.29, 1.82) is 0 Å². The van der Waals surface area contributed by atoms with Crippen LogP contribution in [-0.2, 0) is 9.84 Å². The maximum Gasteiger partial charge on any atom is 0.206 e. The number of fused-ring (bicyclic) bond motifs is 1. The fourth-order valence-electron chi connectivity index (χ4n) is 3.21. The first-order chi connectivity index (χ1) is 13.0. The Hall–Kier alpha value is -1.86. The largest absolute Gasteiger partial charge is 0.354 e. The second kappa shape index (κ2) is 7.28. The van der Waals surface area contributed by atoms with E-state index in [-0.39, 0.29) is 14.8 Å². The van der Waals surface area contributed by atoms with Gasteiger partial charge in [0.05, 0.1) is 19.8 Å². The van der Waals surface area contributed by atoms with Gasteiger partial charge in [0.15, 0.2) is 0 Å². The van der Waals surface area contributed by atoms with Crippen molar-refractivity contribution >= 4 is 49.6 Å². The second-order valence-electron chi connectivity index (χ2n) is 6.33. The van der Waals surface area contributed by atoms with Crippen molar-refractivity contribution < 1.29 is 8.42 Å². The number of halogens is 2. The maximum absolute atomic E-state index is 13.1. The van der Waals surface area contributed by atoms with E-state index in [2.05, 4.69) is 15.2 Å². The summed E-state index contributed by atoms with van der Waals surface area (Å²) in [5.74, 6) is 0.806.